The lowest BCUT2D eigenvalue weighted by atomic mass is 10.0. The Morgan fingerprint density at radius 1 is 1.10 bits per heavy atom. The van der Waals surface area contributed by atoms with Crippen molar-refractivity contribution in [1.29, 1.82) is 0 Å². The second kappa shape index (κ2) is 9.47. The number of likely N-dealkylation sites (N-methyl/N-ethyl adjacent to an activating group) is 1. The minimum absolute atomic E-state index is 0.0506. The molecule has 0 aromatic rings. The molecule has 0 heterocycles. The third kappa shape index (κ3) is 7.89. The lowest BCUT2D eigenvalue weighted by molar-refractivity contribution is -0.129. The fourth-order valence-electron chi connectivity index (χ4n) is 1.82. The Labute approximate surface area is 121 Å². The van der Waals surface area contributed by atoms with Crippen LogP contribution in [0.15, 0.2) is 0 Å². The Hall–Kier alpha value is -1.43. The molecule has 0 fully saturated rings. The molecule has 0 spiro atoms. The zero-order chi connectivity index (χ0) is 15.7. The van der Waals surface area contributed by atoms with Crippen LogP contribution in [0.5, 0.6) is 0 Å². The number of hydrogen-bond acceptors (Lipinski definition) is 4. The molecule has 0 saturated carbocycles. The van der Waals surface area contributed by atoms with Gasteiger partial charge in [-0.15, -0.1) is 0 Å². The van der Waals surface area contributed by atoms with Crippen LogP contribution in [0.4, 0.5) is 0 Å². The van der Waals surface area contributed by atoms with Crippen LogP contribution >= 0.6 is 0 Å². The van der Waals surface area contributed by atoms with Gasteiger partial charge in [-0.1, -0.05) is 20.8 Å². The summed E-state index contributed by atoms with van der Waals surface area (Å²) < 4.78 is 0. The third-order valence-corrected chi connectivity index (χ3v) is 2.82. The van der Waals surface area contributed by atoms with E-state index in [1.165, 1.54) is 6.92 Å². The van der Waals surface area contributed by atoms with E-state index in [2.05, 4.69) is 10.6 Å². The van der Waals surface area contributed by atoms with Crippen LogP contribution in [-0.4, -0.2) is 55.2 Å². The van der Waals surface area contributed by atoms with Gasteiger partial charge in [0, 0.05) is 6.54 Å². The zero-order valence-electron chi connectivity index (χ0n) is 13.2. The van der Waals surface area contributed by atoms with E-state index in [-0.39, 0.29) is 36.6 Å². The molecule has 0 rings (SSSR count). The van der Waals surface area contributed by atoms with E-state index < -0.39 is 6.04 Å². The number of ketones is 1. The average molecular weight is 285 g/mol. The summed E-state index contributed by atoms with van der Waals surface area (Å²) in [4.78, 5) is 36.4. The minimum Gasteiger partial charge on any atom is -0.355 e. The molecule has 0 aromatic carbocycles. The van der Waals surface area contributed by atoms with Gasteiger partial charge in [-0.25, -0.2) is 0 Å². The van der Waals surface area contributed by atoms with Crippen molar-refractivity contribution in [3.8, 4) is 0 Å². The zero-order valence-corrected chi connectivity index (χ0v) is 13.2. The largest absolute Gasteiger partial charge is 0.355 e. The molecule has 0 bridgehead atoms. The quantitative estimate of drug-likeness (QED) is 0.633. The van der Waals surface area contributed by atoms with E-state index in [1.807, 2.05) is 20.8 Å². The van der Waals surface area contributed by atoms with Gasteiger partial charge in [-0.05, 0) is 26.3 Å². The van der Waals surface area contributed by atoms with Gasteiger partial charge in [0.1, 0.15) is 0 Å². The van der Waals surface area contributed by atoms with Gasteiger partial charge in [-0.2, -0.15) is 0 Å². The average Bonchev–Trinajstić information content (AvgIpc) is 2.32. The standard InChI is InChI=1S/C14H27N3O3/c1-6-7-15-12(19)8-17(5)9-13(20)16-14(10(2)3)11(4)18/h10,14H,6-9H2,1-5H3,(H,15,19)(H,16,20). The van der Waals surface area contributed by atoms with E-state index in [4.69, 9.17) is 0 Å². The Kier molecular flexibility index (Phi) is 8.79. The van der Waals surface area contributed by atoms with Crippen LogP contribution in [0.25, 0.3) is 0 Å². The molecular weight excluding hydrogens is 258 g/mol. The molecule has 2 N–H and O–H groups in total. The Morgan fingerprint density at radius 3 is 2.10 bits per heavy atom. The van der Waals surface area contributed by atoms with Gasteiger partial charge in [0.15, 0.2) is 5.78 Å². The predicted molar refractivity (Wildman–Crippen MR) is 78.2 cm³/mol. The fraction of sp³-hybridized carbons (Fsp3) is 0.786. The third-order valence-electron chi connectivity index (χ3n) is 2.82. The Bertz CT molecular complexity index is 343. The van der Waals surface area contributed by atoms with Crippen molar-refractivity contribution in [3.05, 3.63) is 0 Å². The van der Waals surface area contributed by atoms with E-state index in [0.29, 0.717) is 6.54 Å². The molecule has 6 heteroatoms. The molecule has 20 heavy (non-hydrogen) atoms. The number of nitrogens with zero attached hydrogens (tertiary/aromatic N) is 1. The van der Waals surface area contributed by atoms with Gasteiger partial charge in [-0.3, -0.25) is 19.3 Å². The van der Waals surface area contributed by atoms with Gasteiger partial charge in [0.25, 0.3) is 0 Å². The molecule has 0 aliphatic carbocycles. The van der Waals surface area contributed by atoms with E-state index in [0.717, 1.165) is 6.42 Å². The molecule has 0 saturated heterocycles. The van der Waals surface area contributed by atoms with Crippen molar-refractivity contribution < 1.29 is 14.4 Å². The summed E-state index contributed by atoms with van der Waals surface area (Å²) in [6.07, 6.45) is 0.880. The van der Waals surface area contributed by atoms with Crippen LogP contribution in [0, 0.1) is 5.92 Å². The maximum absolute atomic E-state index is 11.8. The first-order valence-corrected chi connectivity index (χ1v) is 7.03. The lowest BCUT2D eigenvalue weighted by Crippen LogP contribution is -2.48. The van der Waals surface area contributed by atoms with Crippen LogP contribution in [-0.2, 0) is 14.4 Å². The number of carbonyl (C=O) groups is 3. The topological polar surface area (TPSA) is 78.5 Å². The summed E-state index contributed by atoms with van der Waals surface area (Å²) in [6, 6.07) is -0.468. The summed E-state index contributed by atoms with van der Waals surface area (Å²) in [5.74, 6) is -0.356. The van der Waals surface area contributed by atoms with Crippen LogP contribution < -0.4 is 10.6 Å². The molecule has 2 amide bonds. The number of amides is 2. The number of hydrogen-bond donors (Lipinski definition) is 2. The first-order chi connectivity index (χ1) is 9.27. The second-order valence-electron chi connectivity index (χ2n) is 5.42. The van der Waals surface area contributed by atoms with E-state index >= 15 is 0 Å². The Morgan fingerprint density at radius 2 is 1.65 bits per heavy atom. The summed E-state index contributed by atoms with van der Waals surface area (Å²) in [5.41, 5.74) is 0. The van der Waals surface area contributed by atoms with E-state index in [1.54, 1.807) is 11.9 Å². The highest BCUT2D eigenvalue weighted by atomic mass is 16.2. The first-order valence-electron chi connectivity index (χ1n) is 7.03. The number of rotatable bonds is 9. The van der Waals surface area contributed by atoms with Gasteiger partial charge < -0.3 is 10.6 Å². The maximum atomic E-state index is 11.8. The highest BCUT2D eigenvalue weighted by molar-refractivity contribution is 5.88. The van der Waals surface area contributed by atoms with Gasteiger partial charge in [0.05, 0.1) is 19.1 Å². The predicted octanol–water partition coefficient (Wildman–Crippen LogP) is 0.174. The van der Waals surface area contributed by atoms with Crippen LogP contribution in [0.2, 0.25) is 0 Å². The highest BCUT2D eigenvalue weighted by Crippen LogP contribution is 2.02. The van der Waals surface area contributed by atoms with Crippen LogP contribution in [0.1, 0.15) is 34.1 Å². The van der Waals surface area contributed by atoms with Gasteiger partial charge in [0.2, 0.25) is 11.8 Å². The van der Waals surface area contributed by atoms with Crippen molar-refractivity contribution >= 4 is 17.6 Å². The fourth-order valence-corrected chi connectivity index (χ4v) is 1.82. The smallest absolute Gasteiger partial charge is 0.234 e. The second-order valence-corrected chi connectivity index (χ2v) is 5.42. The number of nitrogens with one attached hydrogen (secondary N) is 2. The summed E-state index contributed by atoms with van der Waals surface area (Å²) in [5, 5.41) is 5.45. The molecule has 116 valence electrons. The van der Waals surface area contributed by atoms with Gasteiger partial charge >= 0.3 is 0 Å². The van der Waals surface area contributed by atoms with Crippen molar-refractivity contribution in [2.45, 2.75) is 40.2 Å². The lowest BCUT2D eigenvalue weighted by Gasteiger charge is -2.22. The molecule has 6 nitrogen and oxygen atoms in total. The molecule has 1 unspecified atom stereocenters. The molecule has 0 aliphatic rings. The number of Topliss-reactive ketones (excluding diaryl/α,β-unsaturated/α-hetero) is 1. The first kappa shape index (κ1) is 18.6. The molecule has 0 radical (unpaired) electrons. The van der Waals surface area contributed by atoms with Crippen molar-refractivity contribution in [2.24, 2.45) is 5.92 Å². The summed E-state index contributed by atoms with van der Waals surface area (Å²) >= 11 is 0. The van der Waals surface area contributed by atoms with Crippen LogP contribution in [0.3, 0.4) is 0 Å². The molecular formula is C14H27N3O3. The SMILES string of the molecule is CCCNC(=O)CN(C)CC(=O)NC(C(C)=O)C(C)C. The molecule has 0 aromatic heterocycles. The summed E-state index contributed by atoms with van der Waals surface area (Å²) in [6.45, 7) is 8.11. The Balaban J connectivity index is 4.18. The normalized spacial score (nSPS) is 12.3. The molecule has 0 aliphatic heterocycles. The number of carbonyl (C=O) groups excluding carboxylic acids is 3. The monoisotopic (exact) mass is 285 g/mol. The van der Waals surface area contributed by atoms with E-state index in [9.17, 15) is 14.4 Å². The minimum atomic E-state index is -0.468. The van der Waals surface area contributed by atoms with Crippen molar-refractivity contribution in [3.63, 3.8) is 0 Å². The molecule has 1 atom stereocenters. The van der Waals surface area contributed by atoms with Crippen molar-refractivity contribution in [2.75, 3.05) is 26.7 Å². The highest BCUT2D eigenvalue weighted by Gasteiger charge is 2.21. The van der Waals surface area contributed by atoms with Crippen molar-refractivity contribution in [1.82, 2.24) is 15.5 Å². The summed E-state index contributed by atoms with van der Waals surface area (Å²) in [7, 11) is 1.70. The maximum Gasteiger partial charge on any atom is 0.234 e.